The molecule has 0 amide bonds. The first-order valence-electron chi connectivity index (χ1n) is 6.87. The Morgan fingerprint density at radius 2 is 2.00 bits per heavy atom. The molecule has 1 aromatic carbocycles. The summed E-state index contributed by atoms with van der Waals surface area (Å²) in [5.74, 6) is 0. The molecule has 1 unspecified atom stereocenters. The van der Waals surface area contributed by atoms with Crippen LogP contribution in [-0.2, 0) is 4.74 Å². The van der Waals surface area contributed by atoms with Crippen molar-refractivity contribution in [1.82, 2.24) is 4.90 Å². The first-order chi connectivity index (χ1) is 9.01. The van der Waals surface area contributed by atoms with E-state index in [9.17, 15) is 0 Å². The zero-order valence-electron chi connectivity index (χ0n) is 11.9. The Morgan fingerprint density at radius 1 is 1.37 bits per heavy atom. The van der Waals surface area contributed by atoms with Crippen LogP contribution in [0.2, 0.25) is 5.02 Å². The number of morpholine rings is 1. The topological polar surface area (TPSA) is 38.5 Å². The van der Waals surface area contributed by atoms with E-state index in [0.29, 0.717) is 6.54 Å². The molecule has 0 radical (unpaired) electrons. The number of nitrogens with zero attached hydrogens (tertiary/aromatic N) is 1. The molecule has 0 aliphatic carbocycles. The van der Waals surface area contributed by atoms with Gasteiger partial charge in [-0.15, -0.1) is 0 Å². The number of benzene rings is 1. The summed E-state index contributed by atoms with van der Waals surface area (Å²) in [5.41, 5.74) is 8.49. The number of hydrogen-bond donors (Lipinski definition) is 1. The Labute approximate surface area is 120 Å². The van der Waals surface area contributed by atoms with Crippen molar-refractivity contribution in [2.24, 2.45) is 5.73 Å². The van der Waals surface area contributed by atoms with Crippen molar-refractivity contribution in [3.05, 3.63) is 34.3 Å². The fourth-order valence-electron chi connectivity index (χ4n) is 2.96. The van der Waals surface area contributed by atoms with Crippen LogP contribution >= 0.6 is 11.6 Å². The van der Waals surface area contributed by atoms with E-state index in [-0.39, 0.29) is 18.2 Å². The number of hydrogen-bond acceptors (Lipinski definition) is 3. The van der Waals surface area contributed by atoms with Crippen molar-refractivity contribution >= 4 is 11.6 Å². The van der Waals surface area contributed by atoms with Crippen molar-refractivity contribution in [3.63, 3.8) is 0 Å². The van der Waals surface area contributed by atoms with Gasteiger partial charge in [0.15, 0.2) is 0 Å². The quantitative estimate of drug-likeness (QED) is 0.926. The molecule has 1 fully saturated rings. The van der Waals surface area contributed by atoms with Crippen LogP contribution in [0.3, 0.4) is 0 Å². The second-order valence-corrected chi connectivity index (χ2v) is 5.90. The van der Waals surface area contributed by atoms with Gasteiger partial charge in [0.05, 0.1) is 12.2 Å². The number of nitrogens with two attached hydrogens (primary N) is 1. The van der Waals surface area contributed by atoms with Gasteiger partial charge in [0.25, 0.3) is 0 Å². The van der Waals surface area contributed by atoms with Gasteiger partial charge in [-0.1, -0.05) is 17.7 Å². The maximum atomic E-state index is 6.03. The Hall–Kier alpha value is -0.610. The molecule has 1 aliphatic heterocycles. The third-order valence-corrected chi connectivity index (χ3v) is 3.94. The lowest BCUT2D eigenvalue weighted by Crippen LogP contribution is -2.48. The predicted octanol–water partition coefficient (Wildman–Crippen LogP) is 2.76. The van der Waals surface area contributed by atoms with Crippen LogP contribution in [0, 0.1) is 6.92 Å². The zero-order valence-corrected chi connectivity index (χ0v) is 12.7. The molecule has 0 saturated carbocycles. The second-order valence-electron chi connectivity index (χ2n) is 5.46. The van der Waals surface area contributed by atoms with E-state index in [1.807, 2.05) is 12.1 Å². The van der Waals surface area contributed by atoms with Crippen molar-refractivity contribution in [2.75, 3.05) is 19.6 Å². The summed E-state index contributed by atoms with van der Waals surface area (Å²) in [4.78, 5) is 2.43. The molecule has 0 aromatic heterocycles. The molecule has 1 saturated heterocycles. The van der Waals surface area contributed by atoms with E-state index in [0.717, 1.165) is 18.1 Å². The average molecular weight is 283 g/mol. The van der Waals surface area contributed by atoms with Crippen LogP contribution in [0.1, 0.15) is 31.0 Å². The Balaban J connectivity index is 2.23. The molecular weight excluding hydrogens is 260 g/mol. The van der Waals surface area contributed by atoms with E-state index >= 15 is 0 Å². The SMILES string of the molecule is Cc1cc(Cl)ccc1C(CN)N1C[C@@H](C)O[C@@H](C)C1. The summed E-state index contributed by atoms with van der Waals surface area (Å²) >= 11 is 6.03. The van der Waals surface area contributed by atoms with Crippen molar-refractivity contribution in [3.8, 4) is 0 Å². The number of ether oxygens (including phenoxy) is 1. The van der Waals surface area contributed by atoms with Gasteiger partial charge in [0.2, 0.25) is 0 Å². The van der Waals surface area contributed by atoms with Crippen LogP contribution < -0.4 is 5.73 Å². The van der Waals surface area contributed by atoms with Gasteiger partial charge < -0.3 is 10.5 Å². The molecule has 3 nitrogen and oxygen atoms in total. The smallest absolute Gasteiger partial charge is 0.0678 e. The van der Waals surface area contributed by atoms with Crippen molar-refractivity contribution < 1.29 is 4.74 Å². The maximum absolute atomic E-state index is 6.03. The van der Waals surface area contributed by atoms with Gasteiger partial charge in [-0.3, -0.25) is 4.90 Å². The van der Waals surface area contributed by atoms with Crippen LogP contribution in [0.25, 0.3) is 0 Å². The molecule has 2 N–H and O–H groups in total. The highest BCUT2D eigenvalue weighted by atomic mass is 35.5. The van der Waals surface area contributed by atoms with Crippen molar-refractivity contribution in [1.29, 1.82) is 0 Å². The minimum atomic E-state index is 0.242. The minimum Gasteiger partial charge on any atom is -0.373 e. The van der Waals surface area contributed by atoms with Crippen LogP contribution in [-0.4, -0.2) is 36.7 Å². The molecule has 19 heavy (non-hydrogen) atoms. The first-order valence-corrected chi connectivity index (χ1v) is 7.24. The molecular formula is C15H23ClN2O. The molecule has 1 aliphatic rings. The molecule has 4 heteroatoms. The van der Waals surface area contributed by atoms with E-state index < -0.39 is 0 Å². The summed E-state index contributed by atoms with van der Waals surface area (Å²) in [5, 5.41) is 0.778. The fourth-order valence-corrected chi connectivity index (χ4v) is 3.18. The highest BCUT2D eigenvalue weighted by molar-refractivity contribution is 6.30. The van der Waals surface area contributed by atoms with Crippen LogP contribution in [0.5, 0.6) is 0 Å². The van der Waals surface area contributed by atoms with E-state index in [2.05, 4.69) is 31.7 Å². The third kappa shape index (κ3) is 3.48. The predicted molar refractivity (Wildman–Crippen MR) is 79.6 cm³/mol. The number of aryl methyl sites for hydroxylation is 1. The maximum Gasteiger partial charge on any atom is 0.0678 e. The fraction of sp³-hybridized carbons (Fsp3) is 0.600. The Bertz CT molecular complexity index is 428. The second kappa shape index (κ2) is 6.23. The van der Waals surface area contributed by atoms with Crippen LogP contribution in [0.15, 0.2) is 18.2 Å². The van der Waals surface area contributed by atoms with Gasteiger partial charge in [0.1, 0.15) is 0 Å². The lowest BCUT2D eigenvalue weighted by atomic mass is 9.98. The molecule has 106 valence electrons. The highest BCUT2D eigenvalue weighted by Gasteiger charge is 2.28. The van der Waals surface area contributed by atoms with Gasteiger partial charge in [-0.25, -0.2) is 0 Å². The van der Waals surface area contributed by atoms with Crippen molar-refractivity contribution in [2.45, 2.75) is 39.0 Å². The largest absolute Gasteiger partial charge is 0.373 e. The summed E-state index contributed by atoms with van der Waals surface area (Å²) in [6.45, 7) is 8.79. The Morgan fingerprint density at radius 3 is 2.53 bits per heavy atom. The molecule has 1 heterocycles. The van der Waals surface area contributed by atoms with E-state index in [1.54, 1.807) is 0 Å². The summed E-state index contributed by atoms with van der Waals surface area (Å²) < 4.78 is 5.79. The van der Waals surface area contributed by atoms with Gasteiger partial charge in [-0.2, -0.15) is 0 Å². The summed E-state index contributed by atoms with van der Waals surface area (Å²) in [6, 6.07) is 6.29. The summed E-state index contributed by atoms with van der Waals surface area (Å²) in [6.07, 6.45) is 0.510. The molecule has 3 atom stereocenters. The number of rotatable bonds is 3. The molecule has 2 rings (SSSR count). The normalized spacial score (nSPS) is 26.4. The minimum absolute atomic E-state index is 0.242. The highest BCUT2D eigenvalue weighted by Crippen LogP contribution is 2.28. The van der Waals surface area contributed by atoms with Gasteiger partial charge in [0, 0.05) is 30.7 Å². The third-order valence-electron chi connectivity index (χ3n) is 3.70. The monoisotopic (exact) mass is 282 g/mol. The van der Waals surface area contributed by atoms with Gasteiger partial charge >= 0.3 is 0 Å². The van der Waals surface area contributed by atoms with Gasteiger partial charge in [-0.05, 0) is 44.0 Å². The van der Waals surface area contributed by atoms with E-state index in [4.69, 9.17) is 22.1 Å². The molecule has 0 spiro atoms. The average Bonchev–Trinajstić information content (AvgIpc) is 2.31. The Kier molecular flexibility index (Phi) is 4.85. The van der Waals surface area contributed by atoms with E-state index in [1.165, 1.54) is 11.1 Å². The first kappa shape index (κ1) is 14.8. The standard InChI is InChI=1S/C15H23ClN2O/c1-10-6-13(16)4-5-14(10)15(7-17)18-8-11(2)19-12(3)9-18/h4-6,11-12,15H,7-9,17H2,1-3H3/t11-,12+,15?. The summed E-state index contributed by atoms with van der Waals surface area (Å²) in [7, 11) is 0. The molecule has 1 aromatic rings. The molecule has 0 bridgehead atoms. The lowest BCUT2D eigenvalue weighted by Gasteiger charge is -2.40. The van der Waals surface area contributed by atoms with Crippen LogP contribution in [0.4, 0.5) is 0 Å². The lowest BCUT2D eigenvalue weighted by molar-refractivity contribution is -0.0799. The number of halogens is 1. The zero-order chi connectivity index (χ0) is 14.0.